The first-order valence-electron chi connectivity index (χ1n) is 5.32. The number of hydrogen-bond donors (Lipinski definition) is 1. The maximum absolute atomic E-state index is 13.5. The highest BCUT2D eigenvalue weighted by Gasteiger charge is 2.06. The summed E-state index contributed by atoms with van der Waals surface area (Å²) in [6.07, 6.45) is 0.939. The molecule has 0 radical (unpaired) electrons. The molecule has 17 heavy (non-hydrogen) atoms. The van der Waals surface area contributed by atoms with Gasteiger partial charge in [0.1, 0.15) is 5.82 Å². The Morgan fingerprint density at radius 3 is 2.94 bits per heavy atom. The maximum Gasteiger partial charge on any atom is 0.147 e. The van der Waals surface area contributed by atoms with Gasteiger partial charge in [-0.25, -0.2) is 9.37 Å². The third-order valence-electron chi connectivity index (χ3n) is 2.31. The summed E-state index contributed by atoms with van der Waals surface area (Å²) in [5.41, 5.74) is 1.43. The lowest BCUT2D eigenvalue weighted by molar-refractivity contribution is 0.629. The van der Waals surface area contributed by atoms with E-state index in [0.29, 0.717) is 12.2 Å². The van der Waals surface area contributed by atoms with E-state index < -0.39 is 0 Å². The van der Waals surface area contributed by atoms with Crippen LogP contribution in [0, 0.1) is 5.82 Å². The molecule has 0 saturated carbocycles. The van der Waals surface area contributed by atoms with Crippen molar-refractivity contribution < 1.29 is 4.39 Å². The third-order valence-corrected chi connectivity index (χ3v) is 4.01. The lowest BCUT2D eigenvalue weighted by Gasteiger charge is -2.07. The van der Waals surface area contributed by atoms with Crippen molar-refractivity contribution in [2.75, 3.05) is 5.32 Å². The van der Waals surface area contributed by atoms with Crippen LogP contribution in [0.3, 0.4) is 0 Å². The van der Waals surface area contributed by atoms with Gasteiger partial charge in [0.05, 0.1) is 22.9 Å². The van der Waals surface area contributed by atoms with E-state index in [0.717, 1.165) is 21.6 Å². The first-order chi connectivity index (χ1) is 8.20. The summed E-state index contributed by atoms with van der Waals surface area (Å²) >= 11 is 4.96. The van der Waals surface area contributed by atoms with Crippen molar-refractivity contribution >= 4 is 33.0 Å². The number of halogens is 2. The number of thiazole rings is 1. The van der Waals surface area contributed by atoms with Gasteiger partial charge in [-0.15, -0.1) is 11.3 Å². The molecule has 2 aromatic rings. The molecule has 0 fully saturated rings. The minimum atomic E-state index is -0.259. The van der Waals surface area contributed by atoms with Crippen LogP contribution in [0.5, 0.6) is 0 Å². The Bertz CT molecular complexity index is 493. The van der Waals surface area contributed by atoms with Crippen molar-refractivity contribution in [2.24, 2.45) is 0 Å². The maximum atomic E-state index is 13.5. The highest BCUT2D eigenvalue weighted by molar-refractivity contribution is 9.10. The van der Waals surface area contributed by atoms with E-state index in [1.807, 2.05) is 11.4 Å². The quantitative estimate of drug-likeness (QED) is 0.914. The number of nitrogens with zero attached hydrogens (tertiary/aromatic N) is 1. The van der Waals surface area contributed by atoms with Crippen LogP contribution in [-0.4, -0.2) is 4.98 Å². The summed E-state index contributed by atoms with van der Waals surface area (Å²) < 4.78 is 14.2. The Kier molecular flexibility index (Phi) is 4.12. The highest BCUT2D eigenvalue weighted by atomic mass is 79.9. The van der Waals surface area contributed by atoms with Crippen molar-refractivity contribution in [1.29, 1.82) is 0 Å². The number of nitrogens with one attached hydrogen (secondary N) is 1. The van der Waals surface area contributed by atoms with Crippen LogP contribution in [0.4, 0.5) is 10.1 Å². The average Bonchev–Trinajstić information content (AvgIpc) is 2.76. The molecular weight excluding hydrogens is 303 g/mol. The fraction of sp³-hybridized carbons (Fsp3) is 0.250. The minimum absolute atomic E-state index is 0.259. The van der Waals surface area contributed by atoms with Crippen molar-refractivity contribution in [2.45, 2.75) is 19.9 Å². The molecule has 0 unspecified atom stereocenters. The van der Waals surface area contributed by atoms with Crippen LogP contribution in [0.1, 0.15) is 17.6 Å². The van der Waals surface area contributed by atoms with Gasteiger partial charge in [-0.3, -0.25) is 0 Å². The molecule has 5 heteroatoms. The predicted octanol–water partition coefficient (Wildman–Crippen LogP) is 4.22. The zero-order chi connectivity index (χ0) is 12.3. The van der Waals surface area contributed by atoms with Gasteiger partial charge in [0.25, 0.3) is 0 Å². The summed E-state index contributed by atoms with van der Waals surface area (Å²) in [6, 6.07) is 4.91. The van der Waals surface area contributed by atoms with Gasteiger partial charge in [0, 0.05) is 9.85 Å². The molecule has 1 N–H and O–H groups in total. The second kappa shape index (κ2) is 5.60. The molecule has 2 nitrogen and oxygen atoms in total. The first kappa shape index (κ1) is 12.5. The van der Waals surface area contributed by atoms with Crippen molar-refractivity contribution in [3.05, 3.63) is 44.6 Å². The molecule has 90 valence electrons. The number of aromatic nitrogens is 1. The summed E-state index contributed by atoms with van der Waals surface area (Å²) in [6.45, 7) is 2.61. The molecular formula is C12H12BrFN2S. The number of benzene rings is 1. The van der Waals surface area contributed by atoms with E-state index >= 15 is 0 Å². The highest BCUT2D eigenvalue weighted by Crippen LogP contribution is 2.25. The molecule has 0 aliphatic rings. The Morgan fingerprint density at radius 2 is 2.29 bits per heavy atom. The monoisotopic (exact) mass is 314 g/mol. The standard InChI is InChI=1S/C12H12BrFN2S/c1-2-11-16-8(7-17-11)6-15-12-9(13)4-3-5-10(12)14/h3-5,7,15H,2,6H2,1H3. The topological polar surface area (TPSA) is 24.9 Å². The number of hydrogen-bond acceptors (Lipinski definition) is 3. The summed E-state index contributed by atoms with van der Waals surface area (Å²) in [4.78, 5) is 4.42. The Labute approximate surface area is 112 Å². The minimum Gasteiger partial charge on any atom is -0.376 e. The molecule has 1 aromatic heterocycles. The summed E-state index contributed by atoms with van der Waals surface area (Å²) in [5, 5.41) is 6.16. The molecule has 0 saturated heterocycles. The van der Waals surface area contributed by atoms with Gasteiger partial charge >= 0.3 is 0 Å². The van der Waals surface area contributed by atoms with E-state index in [1.54, 1.807) is 17.4 Å². The first-order valence-corrected chi connectivity index (χ1v) is 6.99. The van der Waals surface area contributed by atoms with Gasteiger partial charge in [-0.1, -0.05) is 13.0 Å². The second-order valence-electron chi connectivity index (χ2n) is 3.54. The second-order valence-corrected chi connectivity index (χ2v) is 5.33. The van der Waals surface area contributed by atoms with Gasteiger partial charge in [0.15, 0.2) is 0 Å². The lowest BCUT2D eigenvalue weighted by Crippen LogP contribution is -2.02. The van der Waals surface area contributed by atoms with Gasteiger partial charge in [-0.2, -0.15) is 0 Å². The fourth-order valence-electron chi connectivity index (χ4n) is 1.44. The average molecular weight is 315 g/mol. The van der Waals surface area contributed by atoms with Crippen molar-refractivity contribution in [3.8, 4) is 0 Å². The fourth-order valence-corrected chi connectivity index (χ4v) is 2.67. The van der Waals surface area contributed by atoms with Gasteiger partial charge in [-0.05, 0) is 34.5 Å². The Morgan fingerprint density at radius 1 is 1.47 bits per heavy atom. The summed E-state index contributed by atoms with van der Waals surface area (Å²) in [7, 11) is 0. The van der Waals surface area contributed by atoms with Crippen LogP contribution in [0.25, 0.3) is 0 Å². The molecule has 0 atom stereocenters. The molecule has 2 rings (SSSR count). The zero-order valence-electron chi connectivity index (χ0n) is 9.34. The van der Waals surface area contributed by atoms with Crippen LogP contribution >= 0.6 is 27.3 Å². The van der Waals surface area contributed by atoms with Crippen molar-refractivity contribution in [1.82, 2.24) is 4.98 Å². The van der Waals surface area contributed by atoms with E-state index in [1.165, 1.54) is 6.07 Å². The third kappa shape index (κ3) is 3.04. The molecule has 0 spiro atoms. The predicted molar refractivity (Wildman–Crippen MR) is 72.9 cm³/mol. The number of aryl methyl sites for hydroxylation is 1. The molecule has 0 amide bonds. The van der Waals surface area contributed by atoms with Crippen LogP contribution < -0.4 is 5.32 Å². The molecule has 1 aromatic carbocycles. The largest absolute Gasteiger partial charge is 0.376 e. The molecule has 1 heterocycles. The van der Waals surface area contributed by atoms with Crippen LogP contribution in [0.15, 0.2) is 28.1 Å². The number of para-hydroxylation sites is 1. The van der Waals surface area contributed by atoms with Crippen LogP contribution in [-0.2, 0) is 13.0 Å². The Hall–Kier alpha value is -0.940. The molecule has 0 bridgehead atoms. The van der Waals surface area contributed by atoms with E-state index in [-0.39, 0.29) is 5.82 Å². The number of anilines is 1. The summed E-state index contributed by atoms with van der Waals surface area (Å²) in [5.74, 6) is -0.259. The van der Waals surface area contributed by atoms with E-state index in [9.17, 15) is 4.39 Å². The normalized spacial score (nSPS) is 10.5. The lowest BCUT2D eigenvalue weighted by atomic mass is 10.3. The van der Waals surface area contributed by atoms with Crippen LogP contribution in [0.2, 0.25) is 0 Å². The van der Waals surface area contributed by atoms with Gasteiger partial charge in [0.2, 0.25) is 0 Å². The number of rotatable bonds is 4. The van der Waals surface area contributed by atoms with Crippen molar-refractivity contribution in [3.63, 3.8) is 0 Å². The van der Waals surface area contributed by atoms with E-state index in [4.69, 9.17) is 0 Å². The molecule has 0 aliphatic carbocycles. The smallest absolute Gasteiger partial charge is 0.147 e. The SMILES string of the molecule is CCc1nc(CNc2c(F)cccc2Br)cs1. The van der Waals surface area contributed by atoms with E-state index in [2.05, 4.69) is 33.2 Å². The Balaban J connectivity index is 2.07. The van der Waals surface area contributed by atoms with Gasteiger partial charge < -0.3 is 5.32 Å². The molecule has 0 aliphatic heterocycles. The zero-order valence-corrected chi connectivity index (χ0v) is 11.7.